The smallest absolute Gasteiger partial charge is 0.251 e. The second-order valence-electron chi connectivity index (χ2n) is 24.3. The van der Waals surface area contributed by atoms with Crippen molar-refractivity contribution in [3.05, 3.63) is 106 Å². The largest absolute Gasteiger partial charge is 0.363 e. The number of hydrogen-bond acceptors (Lipinski definition) is 11. The molecule has 2 saturated heterocycles. The fraction of sp³-hybridized carbons (Fsp3) is 0.583. The Hall–Kier alpha value is -6.21. The molecule has 0 aromatic heterocycles. The van der Waals surface area contributed by atoms with E-state index in [-0.39, 0.29) is 78.8 Å². The monoisotopic (exact) mass is 1070 g/mol. The molecule has 0 radical (unpaired) electrons. The molecule has 18 heteroatoms. The van der Waals surface area contributed by atoms with Gasteiger partial charge in [-0.3, -0.25) is 38.9 Å². The number of carbonyl (C=O) groups excluding carboxylic acids is 7. The summed E-state index contributed by atoms with van der Waals surface area (Å²) in [5.74, 6) is -2.77. The Morgan fingerprint density at radius 3 is 1.46 bits per heavy atom. The highest BCUT2D eigenvalue weighted by Gasteiger charge is 2.49. The number of ether oxygens (including phenoxy) is 1. The maximum Gasteiger partial charge on any atom is 0.251 e. The van der Waals surface area contributed by atoms with Crippen LogP contribution in [0.15, 0.2) is 72.8 Å². The van der Waals surface area contributed by atoms with Crippen LogP contribution < -0.4 is 42.5 Å². The molecule has 2 heterocycles. The number of nitrogens with zero attached hydrogens (tertiary/aromatic N) is 2. The zero-order valence-electron chi connectivity index (χ0n) is 47.9. The molecule has 1 unspecified atom stereocenters. The third kappa shape index (κ3) is 13.6. The van der Waals surface area contributed by atoms with Gasteiger partial charge in [0, 0.05) is 49.5 Å². The molecular formula is C60H86N10O8. The number of benzene rings is 3. The van der Waals surface area contributed by atoms with Crippen molar-refractivity contribution in [2.45, 2.75) is 180 Å². The van der Waals surface area contributed by atoms with E-state index < -0.39 is 76.6 Å². The van der Waals surface area contributed by atoms with Crippen molar-refractivity contribution in [3.8, 4) is 0 Å². The molecule has 3 aromatic rings. The molecule has 2 aliphatic carbocycles. The lowest BCUT2D eigenvalue weighted by molar-refractivity contribution is -0.146. The maximum atomic E-state index is 15.1. The molecular weight excluding hydrogens is 989 g/mol. The molecule has 18 nitrogen and oxygen atoms in total. The van der Waals surface area contributed by atoms with Crippen LogP contribution in [0.3, 0.4) is 0 Å². The average Bonchev–Trinajstić information content (AvgIpc) is 4.15. The van der Waals surface area contributed by atoms with E-state index in [1.807, 2.05) is 98.8 Å². The van der Waals surface area contributed by atoms with Crippen molar-refractivity contribution in [3.63, 3.8) is 0 Å². The topological polar surface area (TPSA) is 231 Å². The Balaban J connectivity index is 1.10. The molecule has 11 atom stereocenters. The third-order valence-corrected chi connectivity index (χ3v) is 16.7. The highest BCUT2D eigenvalue weighted by atomic mass is 16.5. The summed E-state index contributed by atoms with van der Waals surface area (Å²) in [6.07, 6.45) is 5.37. The van der Waals surface area contributed by atoms with Gasteiger partial charge in [-0.2, -0.15) is 0 Å². The van der Waals surface area contributed by atoms with Gasteiger partial charge in [-0.1, -0.05) is 96.1 Å². The summed E-state index contributed by atoms with van der Waals surface area (Å²) in [5, 5.41) is 25.2. The van der Waals surface area contributed by atoms with Crippen LogP contribution in [-0.2, 0) is 41.6 Å². The van der Waals surface area contributed by atoms with E-state index in [0.717, 1.165) is 49.7 Å². The number of methoxy groups -OCH3 is 1. The van der Waals surface area contributed by atoms with Gasteiger partial charge in [-0.05, 0) is 138 Å². The molecule has 4 aliphatic rings. The predicted octanol–water partition coefficient (Wildman–Crippen LogP) is 4.59. The van der Waals surface area contributed by atoms with Crippen LogP contribution >= 0.6 is 0 Å². The highest BCUT2D eigenvalue weighted by Crippen LogP contribution is 2.34. The Kier molecular flexibility index (Phi) is 18.9. The van der Waals surface area contributed by atoms with E-state index in [1.54, 1.807) is 44.2 Å². The number of likely N-dealkylation sites (N-methyl/N-ethyl adjacent to an activating group) is 2. The van der Waals surface area contributed by atoms with Crippen LogP contribution in [0.2, 0.25) is 0 Å². The number of hydrogen-bond donors (Lipinski definition) is 8. The fourth-order valence-electron chi connectivity index (χ4n) is 11.5. The molecule has 0 spiro atoms. The van der Waals surface area contributed by atoms with E-state index in [4.69, 9.17) is 4.74 Å². The summed E-state index contributed by atoms with van der Waals surface area (Å²) in [5.41, 5.74) is 2.48. The number of nitrogens with one attached hydrogen (secondary N) is 8. The third-order valence-electron chi connectivity index (χ3n) is 16.7. The lowest BCUT2D eigenvalue weighted by atomic mass is 9.84. The first-order valence-electron chi connectivity index (χ1n) is 27.9. The summed E-state index contributed by atoms with van der Waals surface area (Å²) in [6, 6.07) is 16.2. The van der Waals surface area contributed by atoms with Crippen LogP contribution in [0.25, 0.3) is 0 Å². The molecule has 78 heavy (non-hydrogen) atoms. The number of fused-ring (bicyclic) bond motifs is 2. The van der Waals surface area contributed by atoms with Crippen LogP contribution in [0.1, 0.15) is 156 Å². The molecule has 0 bridgehead atoms. The quantitative estimate of drug-likeness (QED) is 0.0822. The SMILES string of the molecule is CN[C@@H](C)C(=O)N[C@H](C(=O)N1C[C@@H](NC(=O)c2cccc(C(=O)N[C@H]3C[C@@H](C(=O)N[C@@H]4CCCc5ccccc54)N(C(=O)[C@@H](NC(C)(OC)[C@H](C)NC)C(C)(C)C)C3)c2)C[C@H]1C(=O)N[C@@H]1CCCc2ccccc21)C(C)(C)C. The van der Waals surface area contributed by atoms with Gasteiger partial charge in [-0.15, -0.1) is 0 Å². The standard InChI is InChI=1S/C60H86N10O8/c1-35(61-10)51(71)67-49(58(3,4)5)56(76)69-33-41(31-47(69)54(74)65-45-28-18-22-37-20-13-15-26-43(37)45)63-52(72)39-24-17-25-40(30-39)53(73)64-42-32-48(55(75)66-46-29-19-23-38-21-14-16-27-44(38)46)70(34-42)57(77)50(59(6,7)8)68-60(9,78-12)36(2)62-11/h13-17,20-21,24-27,30,35-36,41-42,45-50,61-62,68H,18-19,22-23,28-29,31-34H2,1-12H3,(H,63,72)(H,64,73)(H,65,74)(H,66,75)(H,67,71)/t35-,36-,41-,42-,45+,46+,47-,48-,49+,50+,60?/m0/s1. The van der Waals surface area contributed by atoms with Crippen molar-refractivity contribution in [2.75, 3.05) is 34.3 Å². The zero-order valence-corrected chi connectivity index (χ0v) is 47.9. The highest BCUT2D eigenvalue weighted by molar-refractivity contribution is 6.00. The lowest BCUT2D eigenvalue weighted by Gasteiger charge is -2.43. The van der Waals surface area contributed by atoms with Gasteiger partial charge in [-0.25, -0.2) is 0 Å². The van der Waals surface area contributed by atoms with Crippen LogP contribution in [0, 0.1) is 10.8 Å². The minimum Gasteiger partial charge on any atom is -0.363 e. The minimum atomic E-state index is -0.990. The lowest BCUT2D eigenvalue weighted by Crippen LogP contribution is -2.66. The van der Waals surface area contributed by atoms with E-state index in [2.05, 4.69) is 54.7 Å². The van der Waals surface area contributed by atoms with Gasteiger partial charge >= 0.3 is 0 Å². The molecule has 8 N–H and O–H groups in total. The second kappa shape index (κ2) is 24.9. The van der Waals surface area contributed by atoms with Crippen LogP contribution in [0.5, 0.6) is 0 Å². The first kappa shape index (κ1) is 59.5. The van der Waals surface area contributed by atoms with E-state index in [0.29, 0.717) is 0 Å². The minimum absolute atomic E-state index is 0.00214. The Bertz CT molecular complexity index is 2680. The molecule has 7 rings (SSSR count). The summed E-state index contributed by atoms with van der Waals surface area (Å²) < 4.78 is 5.97. The number of amides is 7. The van der Waals surface area contributed by atoms with Crippen molar-refractivity contribution in [1.29, 1.82) is 0 Å². The van der Waals surface area contributed by atoms with Gasteiger partial charge < -0.3 is 51.8 Å². The molecule has 2 fully saturated rings. The van der Waals surface area contributed by atoms with E-state index in [9.17, 15) is 28.8 Å². The Morgan fingerprint density at radius 2 is 1.04 bits per heavy atom. The molecule has 2 aliphatic heterocycles. The first-order valence-corrected chi connectivity index (χ1v) is 27.9. The normalized spacial score (nSPS) is 23.5. The van der Waals surface area contributed by atoms with Crippen molar-refractivity contribution in [2.24, 2.45) is 10.8 Å². The summed E-state index contributed by atoms with van der Waals surface area (Å²) >= 11 is 0. The van der Waals surface area contributed by atoms with Gasteiger partial charge in [0.05, 0.1) is 24.2 Å². The Labute approximate surface area is 461 Å². The van der Waals surface area contributed by atoms with Crippen molar-refractivity contribution in [1.82, 2.24) is 52.3 Å². The fourth-order valence-corrected chi connectivity index (χ4v) is 11.5. The summed E-state index contributed by atoms with van der Waals surface area (Å²) in [6.45, 7) is 17.0. The summed E-state index contributed by atoms with van der Waals surface area (Å²) in [7, 11) is 5.06. The average molecular weight is 1080 g/mol. The molecule has 424 valence electrons. The van der Waals surface area contributed by atoms with Gasteiger partial charge in [0.15, 0.2) is 0 Å². The van der Waals surface area contributed by atoms with E-state index in [1.165, 1.54) is 22.1 Å². The van der Waals surface area contributed by atoms with Gasteiger partial charge in [0.2, 0.25) is 29.5 Å². The van der Waals surface area contributed by atoms with Crippen LogP contribution in [0.4, 0.5) is 0 Å². The summed E-state index contributed by atoms with van der Waals surface area (Å²) in [4.78, 5) is 104. The second-order valence-corrected chi connectivity index (χ2v) is 24.3. The van der Waals surface area contributed by atoms with E-state index >= 15 is 4.79 Å². The van der Waals surface area contributed by atoms with Crippen molar-refractivity contribution < 1.29 is 38.3 Å². The Morgan fingerprint density at radius 1 is 0.590 bits per heavy atom. The number of aryl methyl sites for hydroxylation is 2. The zero-order chi connectivity index (χ0) is 56.9. The predicted molar refractivity (Wildman–Crippen MR) is 300 cm³/mol. The molecule has 0 saturated carbocycles. The number of rotatable bonds is 18. The number of carbonyl (C=O) groups is 7. The van der Waals surface area contributed by atoms with Crippen LogP contribution in [-0.4, -0.2) is 140 Å². The first-order chi connectivity index (χ1) is 36.9. The number of likely N-dealkylation sites (tertiary alicyclic amines) is 2. The van der Waals surface area contributed by atoms with Gasteiger partial charge in [0.1, 0.15) is 23.9 Å². The molecule has 7 amide bonds. The van der Waals surface area contributed by atoms with Gasteiger partial charge in [0.25, 0.3) is 11.8 Å². The molecule has 3 aromatic carbocycles. The van der Waals surface area contributed by atoms with Crippen molar-refractivity contribution >= 4 is 41.4 Å². The maximum absolute atomic E-state index is 15.1.